The van der Waals surface area contributed by atoms with Gasteiger partial charge in [0.2, 0.25) is 0 Å². The first-order valence-corrected chi connectivity index (χ1v) is 10.7. The molecule has 0 aliphatic carbocycles. The molecule has 0 atom stereocenters. The summed E-state index contributed by atoms with van der Waals surface area (Å²) in [6.07, 6.45) is 7.88. The monoisotopic (exact) mass is 452 g/mol. The fourth-order valence-electron chi connectivity index (χ4n) is 4.29. The van der Waals surface area contributed by atoms with Crippen molar-refractivity contribution in [1.82, 2.24) is 24.4 Å². The lowest BCUT2D eigenvalue weighted by Gasteiger charge is -2.47. The third-order valence-corrected chi connectivity index (χ3v) is 6.35. The largest absolute Gasteiger partial charge is 0.353 e. The van der Waals surface area contributed by atoms with Crippen LogP contribution in [0.5, 0.6) is 0 Å². The second kappa shape index (κ2) is 7.70. The van der Waals surface area contributed by atoms with E-state index in [1.54, 1.807) is 21.3 Å². The van der Waals surface area contributed by atoms with Gasteiger partial charge in [0.05, 0.1) is 11.6 Å². The van der Waals surface area contributed by atoms with Crippen molar-refractivity contribution < 1.29 is 9.18 Å². The number of ketones is 1. The molecule has 1 aromatic carbocycles. The molecule has 0 amide bonds. The van der Waals surface area contributed by atoms with E-state index in [1.807, 2.05) is 38.6 Å². The summed E-state index contributed by atoms with van der Waals surface area (Å²) in [6.45, 7) is 3.09. The fourth-order valence-corrected chi connectivity index (χ4v) is 4.44. The molecule has 164 valence electrons. The predicted octanol–water partition coefficient (Wildman–Crippen LogP) is 3.95. The van der Waals surface area contributed by atoms with Crippen LogP contribution in [-0.4, -0.2) is 43.3 Å². The van der Waals surface area contributed by atoms with Crippen molar-refractivity contribution in [2.75, 3.05) is 18.0 Å². The van der Waals surface area contributed by atoms with Crippen LogP contribution < -0.4 is 4.90 Å². The number of hydrogen-bond acceptors (Lipinski definition) is 5. The molecule has 4 aromatic rings. The Morgan fingerprint density at radius 3 is 2.72 bits per heavy atom. The molecule has 1 aliphatic rings. The van der Waals surface area contributed by atoms with E-state index in [1.165, 1.54) is 12.4 Å². The van der Waals surface area contributed by atoms with Gasteiger partial charge in [0.15, 0.2) is 5.82 Å². The molecular weight excluding hydrogens is 431 g/mol. The summed E-state index contributed by atoms with van der Waals surface area (Å²) in [5, 5.41) is 8.91. The van der Waals surface area contributed by atoms with Crippen LogP contribution in [0.1, 0.15) is 18.9 Å². The van der Waals surface area contributed by atoms with Crippen molar-refractivity contribution in [1.29, 1.82) is 0 Å². The average molecular weight is 453 g/mol. The number of Topliss-reactive ketones (excluding diaryl/α,β-unsaturated/α-hetero) is 1. The highest BCUT2D eigenvalue weighted by Gasteiger charge is 2.45. The minimum atomic E-state index is -0.483. The first kappa shape index (κ1) is 20.6. The van der Waals surface area contributed by atoms with Crippen molar-refractivity contribution >= 4 is 28.7 Å². The molecule has 1 saturated heterocycles. The first-order valence-electron chi connectivity index (χ1n) is 10.4. The predicted molar refractivity (Wildman–Crippen MR) is 120 cm³/mol. The van der Waals surface area contributed by atoms with Gasteiger partial charge in [-0.1, -0.05) is 17.7 Å². The maximum Gasteiger partial charge on any atom is 0.156 e. The number of carbonyl (C=O) groups is 1. The average Bonchev–Trinajstić information content (AvgIpc) is 3.36. The molecule has 3 aromatic heterocycles. The number of carbonyl (C=O) groups excluding carboxylic acids is 1. The third kappa shape index (κ3) is 3.64. The number of benzene rings is 1. The first-order chi connectivity index (χ1) is 15.3. The maximum absolute atomic E-state index is 14.0. The Morgan fingerprint density at radius 1 is 1.19 bits per heavy atom. The van der Waals surface area contributed by atoms with E-state index in [0.29, 0.717) is 36.5 Å². The highest BCUT2D eigenvalue weighted by atomic mass is 35.5. The topological polar surface area (TPSA) is 68.3 Å². The van der Waals surface area contributed by atoms with Crippen LogP contribution in [0.15, 0.2) is 49.2 Å². The van der Waals surface area contributed by atoms with Gasteiger partial charge in [-0.05, 0) is 37.1 Å². The Hall–Kier alpha value is -3.26. The van der Waals surface area contributed by atoms with Gasteiger partial charge < -0.3 is 4.90 Å². The molecule has 0 spiro atoms. The van der Waals surface area contributed by atoms with Gasteiger partial charge in [-0.3, -0.25) is 9.48 Å². The zero-order valence-electron chi connectivity index (χ0n) is 17.8. The number of aryl methyl sites for hydroxylation is 2. The summed E-state index contributed by atoms with van der Waals surface area (Å²) in [5.74, 6) is 0.551. The molecule has 7 nitrogen and oxygen atoms in total. The third-order valence-electron chi connectivity index (χ3n) is 6.11. The lowest BCUT2D eigenvalue weighted by atomic mass is 9.76. The van der Waals surface area contributed by atoms with Crippen LogP contribution in [-0.2, 0) is 18.3 Å². The van der Waals surface area contributed by atoms with Crippen molar-refractivity contribution in [3.63, 3.8) is 0 Å². The molecule has 0 unspecified atom stereocenters. The van der Waals surface area contributed by atoms with Crippen molar-refractivity contribution in [3.8, 4) is 11.1 Å². The normalized spacial score (nSPS) is 15.2. The van der Waals surface area contributed by atoms with Crippen LogP contribution >= 0.6 is 11.6 Å². The summed E-state index contributed by atoms with van der Waals surface area (Å²) < 4.78 is 17.6. The molecule has 0 radical (unpaired) electrons. The fraction of sp³-hybridized carbons (Fsp3) is 0.304. The summed E-state index contributed by atoms with van der Waals surface area (Å²) in [6, 6.07) is 6.61. The van der Waals surface area contributed by atoms with Crippen molar-refractivity contribution in [3.05, 3.63) is 65.6 Å². The van der Waals surface area contributed by atoms with E-state index < -0.39 is 5.41 Å². The quantitative estimate of drug-likeness (QED) is 0.443. The van der Waals surface area contributed by atoms with E-state index in [-0.39, 0.29) is 11.6 Å². The molecule has 32 heavy (non-hydrogen) atoms. The van der Waals surface area contributed by atoms with E-state index in [4.69, 9.17) is 11.6 Å². The zero-order chi connectivity index (χ0) is 22.5. The Morgan fingerprint density at radius 2 is 2.00 bits per heavy atom. The summed E-state index contributed by atoms with van der Waals surface area (Å²) in [4.78, 5) is 19.5. The van der Waals surface area contributed by atoms with E-state index in [2.05, 4.69) is 20.1 Å². The van der Waals surface area contributed by atoms with Crippen LogP contribution in [0.4, 0.5) is 10.2 Å². The molecule has 9 heteroatoms. The highest BCUT2D eigenvalue weighted by molar-refractivity contribution is 6.30. The number of fused-ring (bicyclic) bond motifs is 1. The Bertz CT molecular complexity index is 1320. The number of rotatable bonds is 6. The lowest BCUT2D eigenvalue weighted by Crippen LogP contribution is -2.59. The standard InChI is InChI=1S/C23H22ClFN6O/c1-23(21(32)6-4-15-3-5-18(24)8-19(15)25)12-30(13-23)22-20-7-16(11-31(20)28-14-26-22)17-9-27-29(2)10-17/h3,5,7-11,14H,4,6,12-13H2,1-2H3. The van der Waals surface area contributed by atoms with Gasteiger partial charge in [-0.25, -0.2) is 13.9 Å². The van der Waals surface area contributed by atoms with Crippen molar-refractivity contribution in [2.24, 2.45) is 12.5 Å². The summed E-state index contributed by atoms with van der Waals surface area (Å²) in [5.41, 5.74) is 2.91. The van der Waals surface area contributed by atoms with Gasteiger partial charge in [-0.15, -0.1) is 0 Å². The number of anilines is 1. The number of halogens is 2. The molecule has 0 N–H and O–H groups in total. The summed E-state index contributed by atoms with van der Waals surface area (Å²) in [7, 11) is 1.88. The van der Waals surface area contributed by atoms with E-state index in [0.717, 1.165) is 22.5 Å². The van der Waals surface area contributed by atoms with E-state index in [9.17, 15) is 9.18 Å². The number of nitrogens with zero attached hydrogens (tertiary/aromatic N) is 6. The van der Waals surface area contributed by atoms with Crippen LogP contribution in [0.3, 0.4) is 0 Å². The van der Waals surface area contributed by atoms with Crippen LogP contribution in [0.2, 0.25) is 5.02 Å². The number of hydrogen-bond donors (Lipinski definition) is 0. The van der Waals surface area contributed by atoms with Crippen LogP contribution in [0.25, 0.3) is 16.6 Å². The molecule has 0 saturated carbocycles. The van der Waals surface area contributed by atoms with Gasteiger partial charge >= 0.3 is 0 Å². The molecule has 0 bridgehead atoms. The van der Waals surface area contributed by atoms with Crippen LogP contribution in [0, 0.1) is 11.2 Å². The van der Waals surface area contributed by atoms with Gasteiger partial charge in [0.1, 0.15) is 23.4 Å². The minimum absolute atomic E-state index is 0.125. The van der Waals surface area contributed by atoms with Crippen molar-refractivity contribution in [2.45, 2.75) is 19.8 Å². The smallest absolute Gasteiger partial charge is 0.156 e. The Labute approximate surface area is 189 Å². The van der Waals surface area contributed by atoms with E-state index >= 15 is 0 Å². The molecule has 1 aliphatic heterocycles. The Balaban J connectivity index is 1.29. The highest BCUT2D eigenvalue weighted by Crippen LogP contribution is 2.37. The molecular formula is C23H22ClFN6O. The second-order valence-corrected chi connectivity index (χ2v) is 9.06. The number of aromatic nitrogens is 5. The molecule has 1 fully saturated rings. The minimum Gasteiger partial charge on any atom is -0.353 e. The summed E-state index contributed by atoms with van der Waals surface area (Å²) >= 11 is 5.81. The molecule has 5 rings (SSSR count). The van der Waals surface area contributed by atoms with Gasteiger partial charge in [0, 0.05) is 55.1 Å². The van der Waals surface area contributed by atoms with Gasteiger partial charge in [-0.2, -0.15) is 10.2 Å². The zero-order valence-corrected chi connectivity index (χ0v) is 18.6. The SMILES string of the molecule is Cn1cc(-c2cc3c(N4CC(C)(C(=O)CCc5ccc(Cl)cc5F)C4)ncnn3c2)cn1. The maximum atomic E-state index is 14.0. The lowest BCUT2D eigenvalue weighted by molar-refractivity contribution is -0.129. The second-order valence-electron chi connectivity index (χ2n) is 8.62. The van der Waals surface area contributed by atoms with Gasteiger partial charge in [0.25, 0.3) is 0 Å². The Kier molecular flexibility index (Phi) is 4.97. The molecule has 4 heterocycles.